The van der Waals surface area contributed by atoms with Crippen molar-refractivity contribution in [2.75, 3.05) is 13.1 Å². The van der Waals surface area contributed by atoms with Crippen molar-refractivity contribution in [2.45, 2.75) is 64.0 Å². The van der Waals surface area contributed by atoms with Crippen molar-refractivity contribution >= 4 is 17.2 Å². The molecular formula is C20H28N4O2S. The number of likely N-dealkylation sites (tertiary alicyclic amines) is 1. The van der Waals surface area contributed by atoms with Gasteiger partial charge in [-0.3, -0.25) is 9.69 Å². The lowest BCUT2D eigenvalue weighted by Crippen LogP contribution is -2.43. The third-order valence-electron chi connectivity index (χ3n) is 5.73. The van der Waals surface area contributed by atoms with Crippen molar-refractivity contribution in [3.8, 4) is 10.7 Å². The minimum Gasteiger partial charge on any atom is -0.353 e. The zero-order valence-electron chi connectivity index (χ0n) is 15.7. The van der Waals surface area contributed by atoms with Crippen molar-refractivity contribution in [3.05, 3.63) is 23.4 Å². The van der Waals surface area contributed by atoms with Gasteiger partial charge in [0.25, 0.3) is 0 Å². The molecule has 0 atom stereocenters. The number of carbonyl (C=O) groups is 1. The van der Waals surface area contributed by atoms with Gasteiger partial charge in [0.1, 0.15) is 0 Å². The van der Waals surface area contributed by atoms with Crippen molar-refractivity contribution in [2.24, 2.45) is 5.92 Å². The van der Waals surface area contributed by atoms with Crippen LogP contribution in [0.5, 0.6) is 0 Å². The van der Waals surface area contributed by atoms with Gasteiger partial charge in [0, 0.05) is 12.0 Å². The Bertz CT molecular complexity index is 714. The van der Waals surface area contributed by atoms with Crippen molar-refractivity contribution in [1.29, 1.82) is 0 Å². The van der Waals surface area contributed by atoms with Crippen LogP contribution in [0.25, 0.3) is 10.7 Å². The Morgan fingerprint density at radius 1 is 1.19 bits per heavy atom. The molecule has 0 unspecified atom stereocenters. The van der Waals surface area contributed by atoms with E-state index in [1.165, 1.54) is 25.7 Å². The highest BCUT2D eigenvalue weighted by molar-refractivity contribution is 7.13. The van der Waals surface area contributed by atoms with E-state index >= 15 is 0 Å². The predicted molar refractivity (Wildman–Crippen MR) is 105 cm³/mol. The highest BCUT2D eigenvalue weighted by Gasteiger charge is 2.27. The van der Waals surface area contributed by atoms with Gasteiger partial charge >= 0.3 is 0 Å². The molecule has 0 bridgehead atoms. The van der Waals surface area contributed by atoms with Crippen LogP contribution in [0.15, 0.2) is 22.0 Å². The Balaban J connectivity index is 1.23. The first-order chi connectivity index (χ1) is 13.3. The maximum atomic E-state index is 12.6. The number of rotatable bonds is 5. The van der Waals surface area contributed by atoms with Crippen LogP contribution in [0, 0.1) is 5.92 Å². The van der Waals surface area contributed by atoms with Gasteiger partial charge in [-0.2, -0.15) is 4.98 Å². The third kappa shape index (κ3) is 4.96. The molecule has 0 spiro atoms. The number of carbonyl (C=O) groups excluding carboxylic acids is 1. The van der Waals surface area contributed by atoms with Crippen LogP contribution in [0.3, 0.4) is 0 Å². The second-order valence-corrected chi connectivity index (χ2v) is 8.68. The zero-order valence-corrected chi connectivity index (χ0v) is 16.5. The number of nitrogens with zero attached hydrogens (tertiary/aromatic N) is 3. The smallest absolute Gasteiger partial charge is 0.241 e. The zero-order chi connectivity index (χ0) is 18.5. The molecule has 6 nitrogen and oxygen atoms in total. The number of hydrogen-bond acceptors (Lipinski definition) is 6. The summed E-state index contributed by atoms with van der Waals surface area (Å²) in [5, 5.41) is 9.40. The lowest BCUT2D eigenvalue weighted by atomic mass is 9.95. The quantitative estimate of drug-likeness (QED) is 0.788. The largest absolute Gasteiger partial charge is 0.353 e. The van der Waals surface area contributed by atoms with Gasteiger partial charge in [-0.1, -0.05) is 36.9 Å². The fourth-order valence-electron chi connectivity index (χ4n) is 4.11. The van der Waals surface area contributed by atoms with Gasteiger partial charge in [-0.25, -0.2) is 0 Å². The summed E-state index contributed by atoms with van der Waals surface area (Å²) in [7, 11) is 0. The number of thiophene rings is 1. The Hall–Kier alpha value is -1.73. The molecule has 27 heavy (non-hydrogen) atoms. The Kier molecular flexibility index (Phi) is 6.19. The van der Waals surface area contributed by atoms with Gasteiger partial charge < -0.3 is 9.84 Å². The fourth-order valence-corrected chi connectivity index (χ4v) is 4.76. The summed E-state index contributed by atoms with van der Waals surface area (Å²) in [6.07, 6.45) is 9.24. The molecule has 1 N–H and O–H groups in total. The Morgan fingerprint density at radius 2 is 1.96 bits per heavy atom. The average Bonchev–Trinajstić information content (AvgIpc) is 3.31. The molecule has 2 aliphatic rings. The van der Waals surface area contributed by atoms with Crippen LogP contribution in [-0.4, -0.2) is 40.1 Å². The van der Waals surface area contributed by atoms with Crippen LogP contribution >= 0.6 is 11.3 Å². The Morgan fingerprint density at radius 3 is 2.67 bits per heavy atom. The summed E-state index contributed by atoms with van der Waals surface area (Å²) in [6, 6.07) is 4.38. The molecule has 1 amide bonds. The van der Waals surface area contributed by atoms with E-state index in [1.54, 1.807) is 11.3 Å². The third-order valence-corrected chi connectivity index (χ3v) is 6.59. The van der Waals surface area contributed by atoms with Crippen molar-refractivity contribution in [1.82, 2.24) is 20.4 Å². The standard InChI is InChI=1S/C20H28N4O2S/c25-20(21-16-6-3-1-2-4-7-16)15-9-11-24(12-10-15)14-18-22-19(23-26-18)17-8-5-13-27-17/h5,8,13,15-16H,1-4,6-7,9-12,14H2,(H,21,25). The highest BCUT2D eigenvalue weighted by Crippen LogP contribution is 2.24. The molecule has 1 saturated carbocycles. The second-order valence-electron chi connectivity index (χ2n) is 7.74. The fraction of sp³-hybridized carbons (Fsp3) is 0.650. The van der Waals surface area contributed by atoms with Crippen LogP contribution in [-0.2, 0) is 11.3 Å². The van der Waals surface area contributed by atoms with Gasteiger partial charge in [0.15, 0.2) is 0 Å². The molecule has 3 heterocycles. The van der Waals surface area contributed by atoms with Gasteiger partial charge in [-0.15, -0.1) is 11.3 Å². The lowest BCUT2D eigenvalue weighted by Gasteiger charge is -2.31. The number of aromatic nitrogens is 2. The predicted octanol–water partition coefficient (Wildman–Crippen LogP) is 3.85. The first kappa shape index (κ1) is 18.6. The summed E-state index contributed by atoms with van der Waals surface area (Å²) < 4.78 is 5.40. The molecule has 146 valence electrons. The highest BCUT2D eigenvalue weighted by atomic mass is 32.1. The number of nitrogens with one attached hydrogen (secondary N) is 1. The van der Waals surface area contributed by atoms with E-state index in [0.717, 1.165) is 43.6 Å². The molecule has 7 heteroatoms. The van der Waals surface area contributed by atoms with E-state index < -0.39 is 0 Å². The van der Waals surface area contributed by atoms with E-state index in [0.29, 0.717) is 24.3 Å². The van der Waals surface area contributed by atoms with Crippen LogP contribution in [0.4, 0.5) is 0 Å². The van der Waals surface area contributed by atoms with Gasteiger partial charge in [0.05, 0.1) is 11.4 Å². The molecule has 2 aromatic heterocycles. The minimum atomic E-state index is 0.147. The van der Waals surface area contributed by atoms with Crippen LogP contribution in [0.1, 0.15) is 57.3 Å². The maximum absolute atomic E-state index is 12.6. The summed E-state index contributed by atoms with van der Waals surface area (Å²) in [5.74, 6) is 1.73. The minimum absolute atomic E-state index is 0.147. The SMILES string of the molecule is O=C(NC1CCCCCC1)C1CCN(Cc2nc(-c3cccs3)no2)CC1. The molecule has 0 radical (unpaired) electrons. The molecule has 1 saturated heterocycles. The summed E-state index contributed by atoms with van der Waals surface area (Å²) in [5.41, 5.74) is 0. The molecular weight excluding hydrogens is 360 g/mol. The monoisotopic (exact) mass is 388 g/mol. The van der Waals surface area contributed by atoms with E-state index in [-0.39, 0.29) is 11.8 Å². The van der Waals surface area contributed by atoms with Gasteiger partial charge in [-0.05, 0) is 50.2 Å². The molecule has 2 fully saturated rings. The molecule has 0 aromatic carbocycles. The second kappa shape index (κ2) is 8.97. The molecule has 1 aliphatic carbocycles. The summed E-state index contributed by atoms with van der Waals surface area (Å²) in [4.78, 5) is 20.4. The lowest BCUT2D eigenvalue weighted by molar-refractivity contribution is -0.127. The van der Waals surface area contributed by atoms with E-state index in [9.17, 15) is 4.79 Å². The van der Waals surface area contributed by atoms with Crippen molar-refractivity contribution in [3.63, 3.8) is 0 Å². The van der Waals surface area contributed by atoms with Crippen LogP contribution in [0.2, 0.25) is 0 Å². The average molecular weight is 389 g/mol. The van der Waals surface area contributed by atoms with Crippen molar-refractivity contribution < 1.29 is 9.32 Å². The molecule has 1 aliphatic heterocycles. The summed E-state index contributed by atoms with van der Waals surface area (Å²) in [6.45, 7) is 2.47. The number of hydrogen-bond donors (Lipinski definition) is 1. The normalized spacial score (nSPS) is 20.4. The number of piperidine rings is 1. The Labute approximate surface area is 164 Å². The maximum Gasteiger partial charge on any atom is 0.241 e. The summed E-state index contributed by atoms with van der Waals surface area (Å²) >= 11 is 1.61. The topological polar surface area (TPSA) is 71.3 Å². The van der Waals surface area contributed by atoms with E-state index in [1.807, 2.05) is 17.5 Å². The van der Waals surface area contributed by atoms with Gasteiger partial charge in [0.2, 0.25) is 17.6 Å². The first-order valence-electron chi connectivity index (χ1n) is 10.2. The van der Waals surface area contributed by atoms with E-state index in [4.69, 9.17) is 4.52 Å². The molecule has 4 rings (SSSR count). The number of amides is 1. The first-order valence-corrected chi connectivity index (χ1v) is 11.0. The van der Waals surface area contributed by atoms with E-state index in [2.05, 4.69) is 20.4 Å². The molecule has 2 aromatic rings. The van der Waals surface area contributed by atoms with Crippen LogP contribution < -0.4 is 5.32 Å².